The van der Waals surface area contributed by atoms with Crippen molar-refractivity contribution in [3.63, 3.8) is 0 Å². The summed E-state index contributed by atoms with van der Waals surface area (Å²) >= 11 is 1.63. The predicted molar refractivity (Wildman–Crippen MR) is 81.3 cm³/mol. The number of thiazole rings is 1. The Labute approximate surface area is 119 Å². The number of rotatable bonds is 4. The predicted octanol–water partition coefficient (Wildman–Crippen LogP) is 4.15. The topological polar surface area (TPSA) is 33.1 Å². The average molecular weight is 275 g/mol. The van der Waals surface area contributed by atoms with E-state index in [2.05, 4.69) is 43.3 Å². The van der Waals surface area contributed by atoms with Gasteiger partial charge in [0.15, 0.2) is 0 Å². The molecule has 0 fully saturated rings. The molecule has 102 valence electrons. The van der Waals surface area contributed by atoms with E-state index < -0.39 is 0 Å². The van der Waals surface area contributed by atoms with Crippen molar-refractivity contribution >= 4 is 11.3 Å². The van der Waals surface area contributed by atoms with Crippen molar-refractivity contribution in [2.75, 3.05) is 0 Å². The highest BCUT2D eigenvalue weighted by atomic mass is 32.1. The lowest BCUT2D eigenvalue weighted by Gasteiger charge is -2.21. The van der Waals surface area contributed by atoms with Crippen LogP contribution in [0.15, 0.2) is 35.7 Å². The van der Waals surface area contributed by atoms with Crippen molar-refractivity contribution in [3.05, 3.63) is 40.7 Å². The van der Waals surface area contributed by atoms with Crippen LogP contribution in [0, 0.1) is 5.41 Å². The first kappa shape index (κ1) is 14.2. The number of hydrogen-bond acceptors (Lipinski definition) is 3. The first-order valence-corrected chi connectivity index (χ1v) is 7.50. The van der Waals surface area contributed by atoms with E-state index in [1.807, 2.05) is 18.2 Å². The van der Waals surface area contributed by atoms with E-state index in [0.717, 1.165) is 22.7 Å². The Kier molecular flexibility index (Phi) is 4.38. The molecule has 2 aromatic rings. The van der Waals surface area contributed by atoms with Crippen LogP contribution in [0.4, 0.5) is 0 Å². The van der Waals surface area contributed by atoms with Gasteiger partial charge in [0.2, 0.25) is 0 Å². The largest absolute Gasteiger partial charge is 0.393 e. The van der Waals surface area contributed by atoms with Gasteiger partial charge in [0.05, 0.1) is 16.8 Å². The molecule has 1 unspecified atom stereocenters. The van der Waals surface area contributed by atoms with E-state index in [4.69, 9.17) is 0 Å². The summed E-state index contributed by atoms with van der Waals surface area (Å²) in [5, 5.41) is 13.2. The molecule has 0 amide bonds. The van der Waals surface area contributed by atoms with Crippen molar-refractivity contribution in [1.82, 2.24) is 4.98 Å². The molecule has 0 saturated heterocycles. The van der Waals surface area contributed by atoms with Crippen LogP contribution in [-0.4, -0.2) is 16.2 Å². The van der Waals surface area contributed by atoms with Gasteiger partial charge in [-0.25, -0.2) is 4.98 Å². The van der Waals surface area contributed by atoms with Crippen molar-refractivity contribution in [3.8, 4) is 11.3 Å². The van der Waals surface area contributed by atoms with E-state index in [1.165, 1.54) is 0 Å². The highest BCUT2D eigenvalue weighted by Crippen LogP contribution is 2.25. The third-order valence-corrected chi connectivity index (χ3v) is 3.75. The zero-order valence-corrected chi connectivity index (χ0v) is 12.6. The first-order chi connectivity index (χ1) is 8.94. The summed E-state index contributed by atoms with van der Waals surface area (Å²) < 4.78 is 0. The summed E-state index contributed by atoms with van der Waals surface area (Å²) in [6.45, 7) is 6.44. The molecule has 1 N–H and O–H groups in total. The number of aromatic nitrogens is 1. The van der Waals surface area contributed by atoms with E-state index in [0.29, 0.717) is 6.42 Å². The molecule has 1 heterocycles. The fourth-order valence-electron chi connectivity index (χ4n) is 2.13. The second-order valence-electron chi connectivity index (χ2n) is 6.12. The minimum atomic E-state index is -0.310. The Balaban J connectivity index is 2.02. The molecule has 1 atom stereocenters. The summed E-state index contributed by atoms with van der Waals surface area (Å²) in [5.41, 5.74) is 2.29. The van der Waals surface area contributed by atoms with Gasteiger partial charge in [0.25, 0.3) is 0 Å². The Hall–Kier alpha value is -1.19. The van der Waals surface area contributed by atoms with Crippen LogP contribution in [0.25, 0.3) is 11.3 Å². The van der Waals surface area contributed by atoms with Gasteiger partial charge in [-0.1, -0.05) is 51.1 Å². The summed E-state index contributed by atoms with van der Waals surface area (Å²) in [6.07, 6.45) is 1.14. The van der Waals surface area contributed by atoms with Gasteiger partial charge in [-0.15, -0.1) is 11.3 Å². The lowest BCUT2D eigenvalue weighted by molar-refractivity contribution is 0.121. The summed E-state index contributed by atoms with van der Waals surface area (Å²) in [5.74, 6) is 0. The third-order valence-electron chi connectivity index (χ3n) is 2.88. The van der Waals surface area contributed by atoms with Gasteiger partial charge >= 0.3 is 0 Å². The number of aliphatic hydroxyl groups excluding tert-OH is 1. The monoisotopic (exact) mass is 275 g/mol. The maximum absolute atomic E-state index is 10.1. The molecule has 3 heteroatoms. The molecular formula is C16H21NOS. The number of nitrogens with zero attached hydrogens (tertiary/aromatic N) is 1. The average Bonchev–Trinajstić information content (AvgIpc) is 2.76. The zero-order chi connectivity index (χ0) is 13.9. The Bertz CT molecular complexity index is 513. The van der Waals surface area contributed by atoms with Gasteiger partial charge in [0.1, 0.15) is 0 Å². The molecule has 0 aliphatic heterocycles. The molecule has 0 radical (unpaired) electrons. The summed E-state index contributed by atoms with van der Waals surface area (Å²) in [6, 6.07) is 10.2. The highest BCUT2D eigenvalue weighted by molar-refractivity contribution is 7.09. The molecule has 1 aromatic heterocycles. The Morgan fingerprint density at radius 2 is 1.89 bits per heavy atom. The van der Waals surface area contributed by atoms with Gasteiger partial charge in [-0.05, 0) is 11.8 Å². The van der Waals surface area contributed by atoms with Crippen LogP contribution in [0.1, 0.15) is 32.2 Å². The minimum Gasteiger partial charge on any atom is -0.393 e. The van der Waals surface area contributed by atoms with Crippen molar-refractivity contribution in [2.45, 2.75) is 39.7 Å². The highest BCUT2D eigenvalue weighted by Gasteiger charge is 2.18. The molecule has 0 bridgehead atoms. The van der Waals surface area contributed by atoms with Crippen molar-refractivity contribution in [1.29, 1.82) is 0 Å². The van der Waals surface area contributed by atoms with Crippen molar-refractivity contribution in [2.24, 2.45) is 5.41 Å². The molecule has 0 aliphatic carbocycles. The van der Waals surface area contributed by atoms with Crippen LogP contribution >= 0.6 is 11.3 Å². The smallest absolute Gasteiger partial charge is 0.0958 e. The fourth-order valence-corrected chi connectivity index (χ4v) is 3.00. The summed E-state index contributed by atoms with van der Waals surface area (Å²) in [4.78, 5) is 4.61. The lowest BCUT2D eigenvalue weighted by atomic mass is 9.88. The van der Waals surface area contributed by atoms with Crippen molar-refractivity contribution < 1.29 is 5.11 Å². The van der Waals surface area contributed by atoms with E-state index in [9.17, 15) is 5.11 Å². The van der Waals surface area contributed by atoms with E-state index in [-0.39, 0.29) is 11.5 Å². The molecule has 2 rings (SSSR count). The van der Waals surface area contributed by atoms with Crippen LogP contribution in [0.2, 0.25) is 0 Å². The molecule has 2 nitrogen and oxygen atoms in total. The van der Waals surface area contributed by atoms with Crippen LogP contribution in [0.5, 0.6) is 0 Å². The third kappa shape index (κ3) is 4.44. The van der Waals surface area contributed by atoms with Crippen LogP contribution < -0.4 is 0 Å². The fraction of sp³-hybridized carbons (Fsp3) is 0.438. The van der Waals surface area contributed by atoms with Crippen LogP contribution in [-0.2, 0) is 6.42 Å². The van der Waals surface area contributed by atoms with Gasteiger partial charge in [-0.3, -0.25) is 0 Å². The molecule has 1 aromatic carbocycles. The molecule has 0 saturated carbocycles. The Morgan fingerprint density at radius 1 is 1.21 bits per heavy atom. The normalized spacial score (nSPS) is 13.5. The maximum Gasteiger partial charge on any atom is 0.0958 e. The van der Waals surface area contributed by atoms with E-state index >= 15 is 0 Å². The number of hydrogen-bond donors (Lipinski definition) is 1. The number of aliphatic hydroxyl groups is 1. The molecule has 0 aliphatic rings. The van der Waals surface area contributed by atoms with Crippen LogP contribution in [0.3, 0.4) is 0 Å². The minimum absolute atomic E-state index is 0.152. The molecule has 19 heavy (non-hydrogen) atoms. The van der Waals surface area contributed by atoms with Gasteiger partial charge in [-0.2, -0.15) is 0 Å². The van der Waals surface area contributed by atoms with Gasteiger partial charge < -0.3 is 5.11 Å². The SMILES string of the molecule is CC(C)(C)CC(O)Cc1nc(-c2ccccc2)cs1. The maximum atomic E-state index is 10.1. The standard InChI is InChI=1S/C16H21NOS/c1-16(2,3)10-13(18)9-15-17-14(11-19-15)12-7-5-4-6-8-12/h4-8,11,13,18H,9-10H2,1-3H3. The Morgan fingerprint density at radius 3 is 2.53 bits per heavy atom. The second-order valence-corrected chi connectivity index (χ2v) is 7.06. The number of benzene rings is 1. The quantitative estimate of drug-likeness (QED) is 0.909. The molecular weight excluding hydrogens is 254 g/mol. The second kappa shape index (κ2) is 5.85. The zero-order valence-electron chi connectivity index (χ0n) is 11.8. The first-order valence-electron chi connectivity index (χ1n) is 6.62. The lowest BCUT2D eigenvalue weighted by Crippen LogP contribution is -2.19. The van der Waals surface area contributed by atoms with E-state index in [1.54, 1.807) is 11.3 Å². The molecule has 0 spiro atoms. The van der Waals surface area contributed by atoms with Gasteiger partial charge in [0, 0.05) is 17.4 Å². The summed E-state index contributed by atoms with van der Waals surface area (Å²) in [7, 11) is 0.